The monoisotopic (exact) mass is 490 g/mol. The van der Waals surface area contributed by atoms with E-state index in [2.05, 4.69) is 46.6 Å². The van der Waals surface area contributed by atoms with Gasteiger partial charge in [-0.2, -0.15) is 0 Å². The molecule has 1 heterocycles. The fourth-order valence-corrected chi connectivity index (χ4v) is 3.90. The number of aromatic nitrogens is 1. The minimum Gasteiger partial charge on any atom is -0.356 e. The molecule has 136 valence electrons. The second-order valence-corrected chi connectivity index (χ2v) is 7.87. The quantitative estimate of drug-likeness (QED) is 0.373. The largest absolute Gasteiger partial charge is 0.356 e. The van der Waals surface area contributed by atoms with Gasteiger partial charge in [0.05, 0.1) is 10.7 Å². The molecule has 3 rings (SSSR count). The fourth-order valence-electron chi connectivity index (χ4n) is 2.76. The molecule has 2 atom stereocenters. The van der Waals surface area contributed by atoms with Crippen LogP contribution in [0.25, 0.3) is 0 Å². The van der Waals surface area contributed by atoms with Gasteiger partial charge in [0.25, 0.3) is 0 Å². The van der Waals surface area contributed by atoms with Crippen LogP contribution >= 0.6 is 46.9 Å². The number of benzene rings is 1. The molecule has 1 aliphatic carbocycles. The molecule has 25 heavy (non-hydrogen) atoms. The highest BCUT2D eigenvalue weighted by Crippen LogP contribution is 2.41. The van der Waals surface area contributed by atoms with Crippen LogP contribution in [-0.4, -0.2) is 30.6 Å². The summed E-state index contributed by atoms with van der Waals surface area (Å²) < 4.78 is 0. The van der Waals surface area contributed by atoms with Crippen molar-refractivity contribution in [3.63, 3.8) is 0 Å². The van der Waals surface area contributed by atoms with E-state index in [-0.39, 0.29) is 24.0 Å². The molecule has 1 fully saturated rings. The lowest BCUT2D eigenvalue weighted by Crippen LogP contribution is -2.39. The van der Waals surface area contributed by atoms with Crippen LogP contribution in [-0.2, 0) is 6.42 Å². The molecule has 7 heteroatoms. The van der Waals surface area contributed by atoms with E-state index in [0.717, 1.165) is 36.1 Å². The molecule has 0 amide bonds. The van der Waals surface area contributed by atoms with E-state index in [4.69, 9.17) is 11.6 Å². The van der Waals surface area contributed by atoms with E-state index < -0.39 is 0 Å². The van der Waals surface area contributed by atoms with Gasteiger partial charge in [-0.1, -0.05) is 23.7 Å². The molecule has 1 aromatic heterocycles. The minimum atomic E-state index is 0. The van der Waals surface area contributed by atoms with Crippen molar-refractivity contribution in [1.82, 2.24) is 15.6 Å². The highest BCUT2D eigenvalue weighted by atomic mass is 127. The Morgan fingerprint density at radius 2 is 2.20 bits per heavy atom. The highest BCUT2D eigenvalue weighted by molar-refractivity contribution is 14.0. The average molecular weight is 491 g/mol. The standard InChI is InChI=1S/C18H23ClN4S.HI/c1-11-12(2)24-17(22-11)7-8-21-18(20-3)23-16-10-15(16)13-5-4-6-14(19)9-13;/h4-6,9,15-16H,7-8,10H2,1-3H3,(H2,20,21,23);1H. The zero-order chi connectivity index (χ0) is 17.1. The van der Waals surface area contributed by atoms with Crippen molar-refractivity contribution in [2.75, 3.05) is 13.6 Å². The van der Waals surface area contributed by atoms with Crippen molar-refractivity contribution < 1.29 is 0 Å². The molecule has 2 aromatic rings. The van der Waals surface area contributed by atoms with Crippen LogP contribution in [0.3, 0.4) is 0 Å². The Bertz CT molecular complexity index is 727. The Labute approximate surface area is 175 Å². The van der Waals surface area contributed by atoms with Crippen molar-refractivity contribution >= 4 is 52.9 Å². The highest BCUT2D eigenvalue weighted by Gasteiger charge is 2.39. The van der Waals surface area contributed by atoms with Gasteiger partial charge in [0, 0.05) is 41.9 Å². The first-order valence-electron chi connectivity index (χ1n) is 8.22. The number of hydrogen-bond donors (Lipinski definition) is 2. The Kier molecular flexibility index (Phi) is 7.51. The molecule has 0 spiro atoms. The van der Waals surface area contributed by atoms with Crippen LogP contribution in [0.1, 0.15) is 33.5 Å². The first-order chi connectivity index (χ1) is 11.6. The first-order valence-corrected chi connectivity index (χ1v) is 9.42. The first kappa shape index (κ1) is 20.5. The van der Waals surface area contributed by atoms with Gasteiger partial charge in [0.2, 0.25) is 0 Å². The third-order valence-corrected chi connectivity index (χ3v) is 5.68. The smallest absolute Gasteiger partial charge is 0.191 e. The molecule has 4 nitrogen and oxygen atoms in total. The minimum absolute atomic E-state index is 0. The maximum atomic E-state index is 6.08. The number of halogens is 2. The van der Waals surface area contributed by atoms with Gasteiger partial charge >= 0.3 is 0 Å². The van der Waals surface area contributed by atoms with Crippen LogP contribution in [0.4, 0.5) is 0 Å². The second-order valence-electron chi connectivity index (χ2n) is 6.15. The Hall–Kier alpha value is -0.860. The molecule has 2 N–H and O–H groups in total. The summed E-state index contributed by atoms with van der Waals surface area (Å²) in [5, 5.41) is 8.85. The second kappa shape index (κ2) is 9.19. The van der Waals surface area contributed by atoms with Crippen LogP contribution in [0.5, 0.6) is 0 Å². The van der Waals surface area contributed by atoms with Gasteiger partial charge in [-0.3, -0.25) is 4.99 Å². The molecular weight excluding hydrogens is 467 g/mol. The summed E-state index contributed by atoms with van der Waals surface area (Å²) in [5.41, 5.74) is 2.43. The Morgan fingerprint density at radius 1 is 1.40 bits per heavy atom. The topological polar surface area (TPSA) is 49.3 Å². The molecule has 1 aliphatic rings. The maximum absolute atomic E-state index is 6.08. The maximum Gasteiger partial charge on any atom is 0.191 e. The summed E-state index contributed by atoms with van der Waals surface area (Å²) in [7, 11) is 1.81. The van der Waals surface area contributed by atoms with Gasteiger partial charge in [-0.15, -0.1) is 35.3 Å². The average Bonchev–Trinajstić information content (AvgIpc) is 3.25. The number of nitrogens with zero attached hydrogens (tertiary/aromatic N) is 2. The summed E-state index contributed by atoms with van der Waals surface area (Å²) in [6.07, 6.45) is 2.04. The van der Waals surface area contributed by atoms with Crippen molar-refractivity contribution in [1.29, 1.82) is 0 Å². The van der Waals surface area contributed by atoms with Crippen molar-refractivity contribution in [2.45, 2.75) is 38.6 Å². The number of guanidine groups is 1. The van der Waals surface area contributed by atoms with E-state index in [0.29, 0.717) is 12.0 Å². The predicted octanol–water partition coefficient (Wildman–Crippen LogP) is 4.29. The summed E-state index contributed by atoms with van der Waals surface area (Å²) in [5.74, 6) is 1.38. The number of rotatable bonds is 5. The lowest BCUT2D eigenvalue weighted by atomic mass is 10.1. The third-order valence-electron chi connectivity index (χ3n) is 4.32. The van der Waals surface area contributed by atoms with Crippen molar-refractivity contribution in [3.8, 4) is 0 Å². The number of nitrogens with one attached hydrogen (secondary N) is 2. The third kappa shape index (κ3) is 5.56. The lowest BCUT2D eigenvalue weighted by Gasteiger charge is -2.11. The fraction of sp³-hybridized carbons (Fsp3) is 0.444. The predicted molar refractivity (Wildman–Crippen MR) is 118 cm³/mol. The number of thiazole rings is 1. The number of aryl methyl sites for hydroxylation is 2. The van der Waals surface area contributed by atoms with Gasteiger partial charge in [0.15, 0.2) is 5.96 Å². The summed E-state index contributed by atoms with van der Waals surface area (Å²) >= 11 is 7.85. The lowest BCUT2D eigenvalue weighted by molar-refractivity contribution is 0.777. The molecule has 0 saturated heterocycles. The summed E-state index contributed by atoms with van der Waals surface area (Å²) in [6.45, 7) is 5.01. The molecule has 0 radical (unpaired) electrons. The van der Waals surface area contributed by atoms with E-state index in [1.807, 2.05) is 19.2 Å². The molecule has 2 unspecified atom stereocenters. The molecule has 1 saturated carbocycles. The van der Waals surface area contributed by atoms with Gasteiger partial charge in [-0.05, 0) is 38.0 Å². The normalized spacial score (nSPS) is 19.3. The van der Waals surface area contributed by atoms with E-state index >= 15 is 0 Å². The zero-order valence-corrected chi connectivity index (χ0v) is 18.6. The number of aliphatic imine (C=N–C) groups is 1. The van der Waals surface area contributed by atoms with Crippen molar-refractivity contribution in [2.24, 2.45) is 4.99 Å². The Balaban J connectivity index is 0.00000225. The number of hydrogen-bond acceptors (Lipinski definition) is 3. The van der Waals surface area contributed by atoms with E-state index in [1.54, 1.807) is 11.3 Å². The molecule has 0 bridgehead atoms. The van der Waals surface area contributed by atoms with Crippen LogP contribution in [0, 0.1) is 13.8 Å². The van der Waals surface area contributed by atoms with Crippen LogP contribution in [0.15, 0.2) is 29.3 Å². The zero-order valence-electron chi connectivity index (χ0n) is 14.7. The summed E-state index contributed by atoms with van der Waals surface area (Å²) in [6, 6.07) is 8.55. The van der Waals surface area contributed by atoms with Gasteiger partial charge in [0.1, 0.15) is 0 Å². The van der Waals surface area contributed by atoms with Gasteiger partial charge < -0.3 is 10.6 Å². The van der Waals surface area contributed by atoms with E-state index in [9.17, 15) is 0 Å². The molecule has 0 aliphatic heterocycles. The SMILES string of the molecule is CN=C(NCCc1nc(C)c(C)s1)NC1CC1c1cccc(Cl)c1.I. The van der Waals surface area contributed by atoms with E-state index in [1.165, 1.54) is 15.4 Å². The summed E-state index contributed by atoms with van der Waals surface area (Å²) in [4.78, 5) is 10.2. The Morgan fingerprint density at radius 3 is 2.84 bits per heavy atom. The molecule has 1 aromatic carbocycles. The van der Waals surface area contributed by atoms with Crippen LogP contribution in [0.2, 0.25) is 5.02 Å². The van der Waals surface area contributed by atoms with Crippen molar-refractivity contribution in [3.05, 3.63) is 50.4 Å². The molecular formula is C18H24ClIN4S. The van der Waals surface area contributed by atoms with Gasteiger partial charge in [-0.25, -0.2) is 4.98 Å². The van der Waals surface area contributed by atoms with Crippen LogP contribution < -0.4 is 10.6 Å².